The maximum absolute atomic E-state index is 12.0. The molecule has 0 aliphatic heterocycles. The third-order valence-corrected chi connectivity index (χ3v) is 3.90. The van der Waals surface area contributed by atoms with Crippen LogP contribution in [0.15, 0.2) is 30.3 Å². The Balaban J connectivity index is 2.04. The lowest BCUT2D eigenvalue weighted by Crippen LogP contribution is -2.26. The highest BCUT2D eigenvalue weighted by Gasteiger charge is 2.09. The van der Waals surface area contributed by atoms with Gasteiger partial charge in [-0.05, 0) is 48.9 Å². The summed E-state index contributed by atoms with van der Waals surface area (Å²) in [6.45, 7) is 9.09. The van der Waals surface area contributed by atoms with Crippen LogP contribution < -0.4 is 10.6 Å². The number of anilines is 2. The number of nitrogens with one attached hydrogen (secondary N) is 2. The first kappa shape index (κ1) is 17.9. The third kappa shape index (κ3) is 4.78. The monoisotopic (exact) mass is 326 g/mol. The van der Waals surface area contributed by atoms with Gasteiger partial charge in [0.05, 0.1) is 0 Å². The van der Waals surface area contributed by atoms with Gasteiger partial charge >= 0.3 is 0 Å². The molecule has 1 aromatic carbocycles. The lowest BCUT2D eigenvalue weighted by atomic mass is 10.1. The number of benzene rings is 1. The fraction of sp³-hybridized carbons (Fsp3) is 0.421. The second kappa shape index (κ2) is 8.43. The molecule has 0 aliphatic rings. The summed E-state index contributed by atoms with van der Waals surface area (Å²) in [5.74, 6) is 1.02. The van der Waals surface area contributed by atoms with Gasteiger partial charge in [0, 0.05) is 12.2 Å². The first-order valence-corrected chi connectivity index (χ1v) is 8.48. The number of carbonyl (C=O) groups is 1. The van der Waals surface area contributed by atoms with Crippen LogP contribution in [0.25, 0.3) is 0 Å². The van der Waals surface area contributed by atoms with Crippen molar-refractivity contribution in [1.82, 2.24) is 15.5 Å². The number of para-hydroxylation sites is 1. The van der Waals surface area contributed by atoms with Crippen molar-refractivity contribution in [3.63, 3.8) is 0 Å². The smallest absolute Gasteiger partial charge is 0.271 e. The van der Waals surface area contributed by atoms with Crippen molar-refractivity contribution in [2.75, 3.05) is 11.9 Å². The zero-order valence-corrected chi connectivity index (χ0v) is 14.9. The van der Waals surface area contributed by atoms with Crippen molar-refractivity contribution < 1.29 is 4.79 Å². The van der Waals surface area contributed by atoms with Crippen LogP contribution in [0.1, 0.15) is 48.8 Å². The number of rotatable bonds is 7. The van der Waals surface area contributed by atoms with Crippen LogP contribution in [0.5, 0.6) is 0 Å². The highest BCUT2D eigenvalue weighted by molar-refractivity contribution is 5.92. The predicted molar refractivity (Wildman–Crippen MR) is 97.7 cm³/mol. The Morgan fingerprint density at radius 2 is 1.96 bits per heavy atom. The van der Waals surface area contributed by atoms with E-state index in [4.69, 9.17) is 0 Å². The molecule has 0 spiro atoms. The summed E-state index contributed by atoms with van der Waals surface area (Å²) in [4.78, 5) is 12.0. The van der Waals surface area contributed by atoms with Crippen molar-refractivity contribution >= 4 is 17.4 Å². The van der Waals surface area contributed by atoms with E-state index in [1.54, 1.807) is 12.1 Å². The molecule has 1 aromatic heterocycles. The van der Waals surface area contributed by atoms with Crippen LogP contribution in [0.3, 0.4) is 0 Å². The number of aromatic nitrogens is 2. The number of hydrogen-bond acceptors (Lipinski definition) is 4. The van der Waals surface area contributed by atoms with Gasteiger partial charge in [-0.3, -0.25) is 4.79 Å². The minimum absolute atomic E-state index is 0.181. The second-order valence-electron chi connectivity index (χ2n) is 6.33. The van der Waals surface area contributed by atoms with Gasteiger partial charge in [0.15, 0.2) is 11.5 Å². The zero-order valence-electron chi connectivity index (χ0n) is 14.9. The molecule has 1 amide bonds. The Bertz CT molecular complexity index is 680. The summed E-state index contributed by atoms with van der Waals surface area (Å²) in [5.41, 5.74) is 3.78. The molecule has 5 nitrogen and oxygen atoms in total. The predicted octanol–water partition coefficient (Wildman–Crippen LogP) is 3.87. The van der Waals surface area contributed by atoms with E-state index in [1.165, 1.54) is 5.56 Å². The Labute approximate surface area is 143 Å². The van der Waals surface area contributed by atoms with Gasteiger partial charge in [0.1, 0.15) is 0 Å². The Hall–Kier alpha value is -2.43. The fourth-order valence-electron chi connectivity index (χ4n) is 2.42. The van der Waals surface area contributed by atoms with E-state index < -0.39 is 0 Å². The van der Waals surface area contributed by atoms with E-state index in [0.717, 1.165) is 24.1 Å². The van der Waals surface area contributed by atoms with Crippen molar-refractivity contribution in [1.29, 1.82) is 0 Å². The average Bonchev–Trinajstić information content (AvgIpc) is 2.57. The summed E-state index contributed by atoms with van der Waals surface area (Å²) >= 11 is 0. The summed E-state index contributed by atoms with van der Waals surface area (Å²) in [5, 5.41) is 14.3. The van der Waals surface area contributed by atoms with Crippen LogP contribution >= 0.6 is 0 Å². The highest BCUT2D eigenvalue weighted by atomic mass is 16.1. The number of aryl methyl sites for hydroxylation is 2. The Morgan fingerprint density at radius 3 is 2.58 bits per heavy atom. The molecule has 0 radical (unpaired) electrons. The first-order valence-electron chi connectivity index (χ1n) is 8.48. The second-order valence-corrected chi connectivity index (χ2v) is 6.33. The minimum Gasteiger partial charge on any atom is -0.351 e. The molecule has 0 saturated carbocycles. The van der Waals surface area contributed by atoms with Crippen LogP contribution in [0.4, 0.5) is 11.5 Å². The topological polar surface area (TPSA) is 66.9 Å². The highest BCUT2D eigenvalue weighted by Crippen LogP contribution is 2.24. The van der Waals surface area contributed by atoms with E-state index in [1.807, 2.05) is 0 Å². The number of carbonyl (C=O) groups excluding carboxylic acids is 1. The summed E-state index contributed by atoms with van der Waals surface area (Å²) < 4.78 is 0. The van der Waals surface area contributed by atoms with Crippen molar-refractivity contribution in [2.24, 2.45) is 5.92 Å². The van der Waals surface area contributed by atoms with E-state index in [-0.39, 0.29) is 5.91 Å². The van der Waals surface area contributed by atoms with E-state index in [9.17, 15) is 4.79 Å². The quantitative estimate of drug-likeness (QED) is 0.810. The van der Waals surface area contributed by atoms with Crippen LogP contribution in [0.2, 0.25) is 0 Å². The van der Waals surface area contributed by atoms with E-state index in [0.29, 0.717) is 24.0 Å². The molecular formula is C19H26N4O. The molecule has 0 fully saturated rings. The molecule has 5 heteroatoms. The summed E-state index contributed by atoms with van der Waals surface area (Å²) in [6, 6.07) is 9.69. The molecule has 1 heterocycles. The molecule has 0 atom stereocenters. The molecule has 2 N–H and O–H groups in total. The summed E-state index contributed by atoms with van der Waals surface area (Å²) in [6.07, 6.45) is 1.89. The summed E-state index contributed by atoms with van der Waals surface area (Å²) in [7, 11) is 0. The lowest BCUT2D eigenvalue weighted by molar-refractivity contribution is 0.0946. The molecule has 0 saturated heterocycles. The van der Waals surface area contributed by atoms with Crippen molar-refractivity contribution in [3.05, 3.63) is 47.2 Å². The van der Waals surface area contributed by atoms with Gasteiger partial charge in [0.2, 0.25) is 0 Å². The minimum atomic E-state index is -0.181. The molecular weight excluding hydrogens is 300 g/mol. The SMILES string of the molecule is CCc1cccc(C)c1Nc1ccc(C(=O)NCCC(C)C)nn1. The number of hydrogen-bond donors (Lipinski definition) is 2. The maximum Gasteiger partial charge on any atom is 0.271 e. The molecule has 128 valence electrons. The van der Waals surface area contributed by atoms with Gasteiger partial charge in [-0.1, -0.05) is 39.0 Å². The van der Waals surface area contributed by atoms with Gasteiger partial charge in [0.25, 0.3) is 5.91 Å². The van der Waals surface area contributed by atoms with Crippen LogP contribution in [0, 0.1) is 12.8 Å². The van der Waals surface area contributed by atoms with E-state index in [2.05, 4.69) is 66.7 Å². The first-order chi connectivity index (χ1) is 11.5. The Kier molecular flexibility index (Phi) is 6.29. The van der Waals surface area contributed by atoms with Gasteiger partial charge in [-0.25, -0.2) is 0 Å². The Morgan fingerprint density at radius 1 is 1.17 bits per heavy atom. The van der Waals surface area contributed by atoms with Crippen molar-refractivity contribution in [2.45, 2.75) is 40.5 Å². The molecule has 0 bridgehead atoms. The van der Waals surface area contributed by atoms with Crippen LogP contribution in [-0.4, -0.2) is 22.6 Å². The lowest BCUT2D eigenvalue weighted by Gasteiger charge is -2.13. The molecule has 0 aliphatic carbocycles. The standard InChI is InChI=1S/C19H26N4O/c1-5-15-8-6-7-14(4)18(15)21-17-10-9-16(22-23-17)19(24)20-12-11-13(2)3/h6-10,13H,5,11-12H2,1-4H3,(H,20,24)(H,21,23). The van der Waals surface area contributed by atoms with Crippen LogP contribution in [-0.2, 0) is 6.42 Å². The normalized spacial score (nSPS) is 10.7. The molecule has 24 heavy (non-hydrogen) atoms. The largest absolute Gasteiger partial charge is 0.351 e. The van der Waals surface area contributed by atoms with Gasteiger partial charge in [-0.15, -0.1) is 10.2 Å². The number of amides is 1. The fourth-order valence-corrected chi connectivity index (χ4v) is 2.42. The molecule has 2 rings (SSSR count). The average molecular weight is 326 g/mol. The van der Waals surface area contributed by atoms with Gasteiger partial charge < -0.3 is 10.6 Å². The van der Waals surface area contributed by atoms with Gasteiger partial charge in [-0.2, -0.15) is 0 Å². The van der Waals surface area contributed by atoms with E-state index >= 15 is 0 Å². The number of nitrogens with zero attached hydrogens (tertiary/aromatic N) is 2. The molecule has 0 unspecified atom stereocenters. The third-order valence-electron chi connectivity index (χ3n) is 3.90. The molecule has 2 aromatic rings. The zero-order chi connectivity index (χ0) is 17.5. The van der Waals surface area contributed by atoms with Crippen molar-refractivity contribution in [3.8, 4) is 0 Å². The maximum atomic E-state index is 12.0.